The standard InChI is InChI=1S/C14H21N5O/c1-19(9-7-11-4-2-3-8-16-11)13(20)10-17-14(15)18-12-5-6-12/h2-4,8,12H,5-7,9-10H2,1H3,(H3,15,17,18). The number of guanidine groups is 1. The molecule has 0 aromatic carbocycles. The first kappa shape index (κ1) is 14.3. The zero-order chi connectivity index (χ0) is 14.4. The van der Waals surface area contributed by atoms with E-state index in [4.69, 9.17) is 5.73 Å². The monoisotopic (exact) mass is 275 g/mol. The smallest absolute Gasteiger partial charge is 0.244 e. The van der Waals surface area contributed by atoms with Crippen LogP contribution in [0.1, 0.15) is 18.5 Å². The molecule has 2 rings (SSSR count). The van der Waals surface area contributed by atoms with Crippen LogP contribution in [0.5, 0.6) is 0 Å². The number of amides is 1. The molecule has 0 aliphatic heterocycles. The topological polar surface area (TPSA) is 83.6 Å². The molecule has 0 atom stereocenters. The van der Waals surface area contributed by atoms with Gasteiger partial charge in [-0.3, -0.25) is 9.78 Å². The summed E-state index contributed by atoms with van der Waals surface area (Å²) in [6, 6.07) is 6.23. The molecule has 1 saturated carbocycles. The average Bonchev–Trinajstić information content (AvgIpc) is 3.27. The number of carbonyl (C=O) groups is 1. The van der Waals surface area contributed by atoms with Crippen LogP contribution in [0.4, 0.5) is 0 Å². The molecule has 0 radical (unpaired) electrons. The Morgan fingerprint density at radius 1 is 1.55 bits per heavy atom. The maximum absolute atomic E-state index is 11.9. The number of carbonyl (C=O) groups excluding carboxylic acids is 1. The van der Waals surface area contributed by atoms with E-state index in [1.165, 1.54) is 0 Å². The van der Waals surface area contributed by atoms with Gasteiger partial charge < -0.3 is 16.0 Å². The van der Waals surface area contributed by atoms with E-state index in [0.717, 1.165) is 25.0 Å². The van der Waals surface area contributed by atoms with Gasteiger partial charge in [0.15, 0.2) is 5.96 Å². The molecule has 1 aliphatic rings. The minimum Gasteiger partial charge on any atom is -0.370 e. The van der Waals surface area contributed by atoms with Gasteiger partial charge in [-0.25, -0.2) is 4.99 Å². The van der Waals surface area contributed by atoms with E-state index in [2.05, 4.69) is 15.3 Å². The molecule has 0 bridgehead atoms. The predicted molar refractivity (Wildman–Crippen MR) is 78.2 cm³/mol. The molecule has 1 heterocycles. The molecule has 108 valence electrons. The average molecular weight is 275 g/mol. The second-order valence-corrected chi connectivity index (χ2v) is 5.01. The predicted octanol–water partition coefficient (Wildman–Crippen LogP) is 0.149. The SMILES string of the molecule is CN(CCc1ccccn1)C(=O)CN=C(N)NC1CC1. The molecule has 1 fully saturated rings. The lowest BCUT2D eigenvalue weighted by molar-refractivity contribution is -0.128. The first-order valence-corrected chi connectivity index (χ1v) is 6.85. The normalized spacial score (nSPS) is 14.9. The van der Waals surface area contributed by atoms with Crippen LogP contribution in [0.2, 0.25) is 0 Å². The highest BCUT2D eigenvalue weighted by atomic mass is 16.2. The van der Waals surface area contributed by atoms with Gasteiger partial charge in [-0.1, -0.05) is 6.07 Å². The van der Waals surface area contributed by atoms with Gasteiger partial charge >= 0.3 is 0 Å². The zero-order valence-corrected chi connectivity index (χ0v) is 11.7. The van der Waals surface area contributed by atoms with Crippen LogP contribution in [-0.2, 0) is 11.2 Å². The van der Waals surface area contributed by atoms with E-state index >= 15 is 0 Å². The number of aliphatic imine (C=N–C) groups is 1. The van der Waals surface area contributed by atoms with Crippen LogP contribution < -0.4 is 11.1 Å². The van der Waals surface area contributed by atoms with Crippen molar-refractivity contribution < 1.29 is 4.79 Å². The maximum Gasteiger partial charge on any atom is 0.244 e. The van der Waals surface area contributed by atoms with Crippen molar-refractivity contribution in [1.29, 1.82) is 0 Å². The Morgan fingerprint density at radius 2 is 2.35 bits per heavy atom. The molecule has 1 aromatic rings. The number of aromatic nitrogens is 1. The number of hydrogen-bond donors (Lipinski definition) is 2. The third-order valence-electron chi connectivity index (χ3n) is 3.17. The zero-order valence-electron chi connectivity index (χ0n) is 11.7. The first-order chi connectivity index (χ1) is 9.65. The van der Waals surface area contributed by atoms with Gasteiger partial charge in [0, 0.05) is 37.9 Å². The highest BCUT2D eigenvalue weighted by Crippen LogP contribution is 2.17. The molecule has 1 aromatic heterocycles. The summed E-state index contributed by atoms with van der Waals surface area (Å²) in [6.45, 7) is 0.714. The van der Waals surface area contributed by atoms with E-state index in [1.54, 1.807) is 18.1 Å². The van der Waals surface area contributed by atoms with Crippen molar-refractivity contribution in [3.8, 4) is 0 Å². The molecule has 0 unspecified atom stereocenters. The van der Waals surface area contributed by atoms with E-state index in [9.17, 15) is 4.79 Å². The number of likely N-dealkylation sites (N-methyl/N-ethyl adjacent to an activating group) is 1. The van der Waals surface area contributed by atoms with Gasteiger partial charge in [0.25, 0.3) is 0 Å². The molecular weight excluding hydrogens is 254 g/mol. The summed E-state index contributed by atoms with van der Waals surface area (Å²) in [6.07, 6.45) is 4.76. The van der Waals surface area contributed by atoms with Crippen LogP contribution in [0.3, 0.4) is 0 Å². The molecule has 1 aliphatic carbocycles. The molecule has 6 nitrogen and oxygen atoms in total. The Labute approximate surface area is 119 Å². The van der Waals surface area contributed by atoms with Crippen molar-refractivity contribution in [1.82, 2.24) is 15.2 Å². The molecular formula is C14H21N5O. The third kappa shape index (κ3) is 4.87. The van der Waals surface area contributed by atoms with Crippen molar-refractivity contribution in [2.24, 2.45) is 10.7 Å². The minimum absolute atomic E-state index is 0.0403. The Bertz CT molecular complexity index is 470. The number of pyridine rings is 1. The highest BCUT2D eigenvalue weighted by molar-refractivity contribution is 5.84. The molecule has 0 spiro atoms. The Morgan fingerprint density at radius 3 is 3.00 bits per heavy atom. The fourth-order valence-electron chi connectivity index (χ4n) is 1.71. The summed E-state index contributed by atoms with van der Waals surface area (Å²) < 4.78 is 0. The van der Waals surface area contributed by atoms with Gasteiger partial charge in [0.1, 0.15) is 6.54 Å². The summed E-state index contributed by atoms with van der Waals surface area (Å²) in [5.74, 6) is 0.320. The van der Waals surface area contributed by atoms with E-state index in [0.29, 0.717) is 18.5 Å². The Balaban J connectivity index is 1.71. The minimum atomic E-state index is -0.0403. The van der Waals surface area contributed by atoms with Crippen molar-refractivity contribution in [3.05, 3.63) is 30.1 Å². The summed E-state index contributed by atoms with van der Waals surface area (Å²) in [5.41, 5.74) is 6.66. The Hall–Kier alpha value is -2.11. The maximum atomic E-state index is 11.9. The van der Waals surface area contributed by atoms with Crippen LogP contribution in [0.25, 0.3) is 0 Å². The second-order valence-electron chi connectivity index (χ2n) is 5.01. The highest BCUT2D eigenvalue weighted by Gasteiger charge is 2.21. The number of nitrogens with one attached hydrogen (secondary N) is 1. The summed E-state index contributed by atoms with van der Waals surface area (Å²) in [7, 11) is 1.77. The van der Waals surface area contributed by atoms with Crippen LogP contribution in [0, 0.1) is 0 Å². The van der Waals surface area contributed by atoms with Crippen molar-refractivity contribution in [3.63, 3.8) is 0 Å². The lowest BCUT2D eigenvalue weighted by Crippen LogP contribution is -2.36. The number of nitrogens with two attached hydrogens (primary N) is 1. The molecule has 20 heavy (non-hydrogen) atoms. The van der Waals surface area contributed by atoms with Crippen molar-refractivity contribution in [2.75, 3.05) is 20.1 Å². The van der Waals surface area contributed by atoms with Gasteiger partial charge in [0.2, 0.25) is 5.91 Å². The van der Waals surface area contributed by atoms with Gasteiger partial charge in [-0.15, -0.1) is 0 Å². The third-order valence-corrected chi connectivity index (χ3v) is 3.17. The Kier molecular flexibility index (Phi) is 4.92. The van der Waals surface area contributed by atoms with Crippen molar-refractivity contribution >= 4 is 11.9 Å². The fourth-order valence-corrected chi connectivity index (χ4v) is 1.71. The van der Waals surface area contributed by atoms with Gasteiger partial charge in [0.05, 0.1) is 0 Å². The van der Waals surface area contributed by atoms with Gasteiger partial charge in [-0.2, -0.15) is 0 Å². The molecule has 3 N–H and O–H groups in total. The number of nitrogens with zero attached hydrogens (tertiary/aromatic N) is 3. The van der Waals surface area contributed by atoms with Crippen LogP contribution >= 0.6 is 0 Å². The van der Waals surface area contributed by atoms with E-state index in [1.807, 2.05) is 18.2 Å². The van der Waals surface area contributed by atoms with Crippen molar-refractivity contribution in [2.45, 2.75) is 25.3 Å². The molecule has 0 saturated heterocycles. The van der Waals surface area contributed by atoms with E-state index in [-0.39, 0.29) is 12.5 Å². The second kappa shape index (κ2) is 6.88. The summed E-state index contributed by atoms with van der Waals surface area (Å²) in [5, 5.41) is 3.05. The van der Waals surface area contributed by atoms with Gasteiger partial charge in [-0.05, 0) is 25.0 Å². The van der Waals surface area contributed by atoms with Crippen LogP contribution in [-0.4, -0.2) is 47.9 Å². The van der Waals surface area contributed by atoms with Crippen LogP contribution in [0.15, 0.2) is 29.4 Å². The fraction of sp³-hybridized carbons (Fsp3) is 0.500. The summed E-state index contributed by atoms with van der Waals surface area (Å²) in [4.78, 5) is 21.8. The summed E-state index contributed by atoms with van der Waals surface area (Å²) >= 11 is 0. The quantitative estimate of drug-likeness (QED) is 0.572. The molecule has 1 amide bonds. The number of rotatable bonds is 6. The molecule has 6 heteroatoms. The van der Waals surface area contributed by atoms with E-state index < -0.39 is 0 Å². The lowest BCUT2D eigenvalue weighted by atomic mass is 10.2. The lowest BCUT2D eigenvalue weighted by Gasteiger charge is -2.15. The largest absolute Gasteiger partial charge is 0.370 e. The first-order valence-electron chi connectivity index (χ1n) is 6.85. The number of hydrogen-bond acceptors (Lipinski definition) is 3.